The molecule has 0 aliphatic heterocycles. The van der Waals surface area contributed by atoms with Gasteiger partial charge in [0, 0.05) is 5.56 Å². The van der Waals surface area contributed by atoms with Gasteiger partial charge in [0.2, 0.25) is 0 Å². The van der Waals surface area contributed by atoms with Crippen LogP contribution in [0.1, 0.15) is 23.2 Å². The molecule has 1 aromatic heterocycles. The fraction of sp³-hybridized carbons (Fsp3) is 0.222. The SMILES string of the molecule is N#CCc1nc(I)c(C#N)cc1C(F)F. The number of pyridine rings is 1. The lowest BCUT2D eigenvalue weighted by atomic mass is 10.1. The monoisotopic (exact) mass is 319 g/mol. The molecule has 1 rings (SSSR count). The molecule has 6 heteroatoms. The molecule has 0 spiro atoms. The summed E-state index contributed by atoms with van der Waals surface area (Å²) >= 11 is 1.78. The lowest BCUT2D eigenvalue weighted by Gasteiger charge is -2.06. The van der Waals surface area contributed by atoms with E-state index in [1.54, 1.807) is 34.7 Å². The number of hydrogen-bond donors (Lipinski definition) is 0. The molecule has 76 valence electrons. The second-order valence-corrected chi connectivity index (χ2v) is 3.63. The Morgan fingerprint density at radius 2 is 2.13 bits per heavy atom. The van der Waals surface area contributed by atoms with E-state index in [0.29, 0.717) is 3.70 Å². The summed E-state index contributed by atoms with van der Waals surface area (Å²) in [5, 5.41) is 17.1. The number of nitriles is 2. The Kier molecular flexibility index (Phi) is 3.92. The average Bonchev–Trinajstić information content (AvgIpc) is 2.18. The van der Waals surface area contributed by atoms with Crippen LogP contribution in [0.2, 0.25) is 0 Å². The molecule has 0 saturated heterocycles. The van der Waals surface area contributed by atoms with Crippen LogP contribution in [0.5, 0.6) is 0 Å². The maximum atomic E-state index is 12.5. The molecule has 0 unspecified atom stereocenters. The van der Waals surface area contributed by atoms with Crippen LogP contribution < -0.4 is 0 Å². The van der Waals surface area contributed by atoms with Gasteiger partial charge in [0.25, 0.3) is 6.43 Å². The third-order valence-corrected chi connectivity index (χ3v) is 2.51. The van der Waals surface area contributed by atoms with Gasteiger partial charge in [-0.15, -0.1) is 0 Å². The molecule has 0 atom stereocenters. The van der Waals surface area contributed by atoms with Gasteiger partial charge >= 0.3 is 0 Å². The van der Waals surface area contributed by atoms with Crippen molar-refractivity contribution in [3.63, 3.8) is 0 Å². The van der Waals surface area contributed by atoms with Crippen molar-refractivity contribution in [2.24, 2.45) is 0 Å². The number of aromatic nitrogens is 1. The van der Waals surface area contributed by atoms with Gasteiger partial charge in [-0.3, -0.25) is 0 Å². The summed E-state index contributed by atoms with van der Waals surface area (Å²) in [7, 11) is 0. The van der Waals surface area contributed by atoms with Crippen molar-refractivity contribution in [1.29, 1.82) is 10.5 Å². The first kappa shape index (κ1) is 11.8. The summed E-state index contributed by atoms with van der Waals surface area (Å²) in [6.07, 6.45) is -2.90. The highest BCUT2D eigenvalue weighted by molar-refractivity contribution is 14.1. The van der Waals surface area contributed by atoms with E-state index in [9.17, 15) is 8.78 Å². The van der Waals surface area contributed by atoms with E-state index in [-0.39, 0.29) is 23.2 Å². The van der Waals surface area contributed by atoms with E-state index in [1.165, 1.54) is 0 Å². The highest BCUT2D eigenvalue weighted by Crippen LogP contribution is 2.25. The van der Waals surface area contributed by atoms with Crippen LogP contribution in [0.3, 0.4) is 0 Å². The minimum Gasteiger partial charge on any atom is -0.244 e. The van der Waals surface area contributed by atoms with E-state index in [1.807, 2.05) is 0 Å². The first-order valence-electron chi connectivity index (χ1n) is 3.84. The minimum atomic E-state index is -2.72. The molecule has 0 aliphatic carbocycles. The molecule has 3 nitrogen and oxygen atoms in total. The smallest absolute Gasteiger partial charge is 0.244 e. The van der Waals surface area contributed by atoms with Gasteiger partial charge in [0.05, 0.1) is 23.7 Å². The Labute approximate surface area is 98.5 Å². The van der Waals surface area contributed by atoms with Gasteiger partial charge in [0.15, 0.2) is 0 Å². The fourth-order valence-corrected chi connectivity index (χ4v) is 1.59. The van der Waals surface area contributed by atoms with Crippen molar-refractivity contribution < 1.29 is 8.78 Å². The molecule has 1 aromatic rings. The highest BCUT2D eigenvalue weighted by Gasteiger charge is 2.17. The summed E-state index contributed by atoms with van der Waals surface area (Å²) in [5.41, 5.74) is -0.197. The number of nitrogens with zero attached hydrogens (tertiary/aromatic N) is 3. The van der Waals surface area contributed by atoms with Crippen LogP contribution in [0.4, 0.5) is 8.78 Å². The molecule has 0 bridgehead atoms. The van der Waals surface area contributed by atoms with Crippen molar-refractivity contribution in [3.8, 4) is 12.1 Å². The van der Waals surface area contributed by atoms with Crippen LogP contribution in [-0.4, -0.2) is 4.98 Å². The largest absolute Gasteiger partial charge is 0.265 e. The van der Waals surface area contributed by atoms with E-state index in [2.05, 4.69) is 4.98 Å². The molecule has 0 radical (unpaired) electrons. The predicted octanol–water partition coefficient (Wildman–Crippen LogP) is 2.56. The fourth-order valence-electron chi connectivity index (χ4n) is 1.03. The van der Waals surface area contributed by atoms with Crippen molar-refractivity contribution in [2.75, 3.05) is 0 Å². The molecule has 0 N–H and O–H groups in total. The molecular weight excluding hydrogens is 315 g/mol. The predicted molar refractivity (Wildman–Crippen MR) is 55.9 cm³/mol. The van der Waals surface area contributed by atoms with Crippen molar-refractivity contribution >= 4 is 22.6 Å². The summed E-state index contributed by atoms with van der Waals surface area (Å²) in [6, 6.07) is 4.62. The minimum absolute atomic E-state index is 0.0379. The van der Waals surface area contributed by atoms with Crippen LogP contribution in [0, 0.1) is 26.4 Å². The van der Waals surface area contributed by atoms with Crippen molar-refractivity contribution in [1.82, 2.24) is 4.98 Å². The second-order valence-electron chi connectivity index (χ2n) is 2.61. The van der Waals surface area contributed by atoms with Gasteiger partial charge in [-0.1, -0.05) is 0 Å². The van der Waals surface area contributed by atoms with Gasteiger partial charge < -0.3 is 0 Å². The number of rotatable bonds is 2. The average molecular weight is 319 g/mol. The van der Waals surface area contributed by atoms with E-state index < -0.39 is 6.43 Å². The Hall–Kier alpha value is -1.28. The molecule has 0 aliphatic rings. The highest BCUT2D eigenvalue weighted by atomic mass is 127. The molecule has 1 heterocycles. The summed E-state index contributed by atoms with van der Waals surface area (Å²) < 4.78 is 25.4. The van der Waals surface area contributed by atoms with Gasteiger partial charge in [0.1, 0.15) is 9.77 Å². The molecule has 0 aromatic carbocycles. The quantitative estimate of drug-likeness (QED) is 0.622. The summed E-state index contributed by atoms with van der Waals surface area (Å²) in [4.78, 5) is 3.82. The first-order valence-corrected chi connectivity index (χ1v) is 4.92. The van der Waals surface area contributed by atoms with Crippen LogP contribution >= 0.6 is 22.6 Å². The molecular formula is C9H4F2IN3. The third kappa shape index (κ3) is 2.60. The zero-order chi connectivity index (χ0) is 11.4. The van der Waals surface area contributed by atoms with Gasteiger partial charge in [-0.2, -0.15) is 10.5 Å². The lowest BCUT2D eigenvalue weighted by Crippen LogP contribution is -2.02. The Morgan fingerprint density at radius 3 is 2.60 bits per heavy atom. The van der Waals surface area contributed by atoms with Crippen molar-refractivity contribution in [2.45, 2.75) is 12.8 Å². The van der Waals surface area contributed by atoms with Crippen molar-refractivity contribution in [3.05, 3.63) is 26.6 Å². The second kappa shape index (κ2) is 4.99. The molecule has 0 fully saturated rings. The summed E-state index contributed by atoms with van der Waals surface area (Å²) in [5.74, 6) is 0. The Morgan fingerprint density at radius 1 is 1.47 bits per heavy atom. The normalized spacial score (nSPS) is 9.73. The zero-order valence-electron chi connectivity index (χ0n) is 7.34. The van der Waals surface area contributed by atoms with E-state index >= 15 is 0 Å². The summed E-state index contributed by atoms with van der Waals surface area (Å²) in [6.45, 7) is 0. The number of alkyl halides is 2. The van der Waals surface area contributed by atoms with E-state index in [0.717, 1.165) is 6.07 Å². The maximum absolute atomic E-state index is 12.5. The zero-order valence-corrected chi connectivity index (χ0v) is 9.49. The standard InChI is InChI=1S/C9H4F2IN3/c10-8(11)6-3-5(4-14)9(12)15-7(6)1-2-13/h3,8H,1H2. The molecule has 0 amide bonds. The first-order chi connectivity index (χ1) is 7.10. The third-order valence-electron chi connectivity index (χ3n) is 1.69. The van der Waals surface area contributed by atoms with E-state index in [4.69, 9.17) is 10.5 Å². The Bertz CT molecular complexity index is 460. The van der Waals surface area contributed by atoms with Crippen LogP contribution in [0.25, 0.3) is 0 Å². The van der Waals surface area contributed by atoms with Gasteiger partial charge in [-0.05, 0) is 28.7 Å². The maximum Gasteiger partial charge on any atom is 0.265 e. The topological polar surface area (TPSA) is 60.5 Å². The van der Waals surface area contributed by atoms with Gasteiger partial charge in [-0.25, -0.2) is 13.8 Å². The lowest BCUT2D eigenvalue weighted by molar-refractivity contribution is 0.150. The Balaban J connectivity index is 3.35. The van der Waals surface area contributed by atoms with Crippen LogP contribution in [-0.2, 0) is 6.42 Å². The number of halogens is 3. The molecule has 15 heavy (non-hydrogen) atoms. The molecule has 0 saturated carbocycles. The number of hydrogen-bond acceptors (Lipinski definition) is 3. The van der Waals surface area contributed by atoms with Crippen LogP contribution in [0.15, 0.2) is 6.07 Å².